The maximum atomic E-state index is 11.7. The standard InChI is InChI=1S/C27H38N2O2/c1-26(2,3)20-12-8-18(9-13-20)24(19-10-14-21(15-11-19)27(4,5)6)23-16-22(17-28-23)29-25(30)31-7/h8-15,22-24,28H,16-17H2,1-7H3,(H,29,30)/t22-,23-/m1/s1. The van der Waals surface area contributed by atoms with Gasteiger partial charge in [-0.3, -0.25) is 0 Å². The molecule has 2 N–H and O–H groups in total. The Balaban J connectivity index is 1.92. The van der Waals surface area contributed by atoms with E-state index >= 15 is 0 Å². The Hall–Kier alpha value is -2.33. The van der Waals surface area contributed by atoms with Crippen LogP contribution in [0.1, 0.15) is 76.1 Å². The number of methoxy groups -OCH3 is 1. The largest absolute Gasteiger partial charge is 0.453 e. The number of rotatable bonds is 4. The lowest BCUT2D eigenvalue weighted by Gasteiger charge is -2.27. The molecular weight excluding hydrogens is 384 g/mol. The van der Waals surface area contributed by atoms with E-state index in [1.165, 1.54) is 29.4 Å². The highest BCUT2D eigenvalue weighted by Crippen LogP contribution is 2.35. The molecule has 168 valence electrons. The van der Waals surface area contributed by atoms with E-state index in [-0.39, 0.29) is 34.9 Å². The fraction of sp³-hybridized carbons (Fsp3) is 0.519. The molecule has 1 saturated heterocycles. The van der Waals surface area contributed by atoms with E-state index in [0.29, 0.717) is 0 Å². The summed E-state index contributed by atoms with van der Waals surface area (Å²) >= 11 is 0. The van der Waals surface area contributed by atoms with Crippen LogP contribution in [-0.2, 0) is 15.6 Å². The molecule has 2 aromatic carbocycles. The van der Waals surface area contributed by atoms with Crippen LogP contribution < -0.4 is 10.6 Å². The molecule has 1 aliphatic heterocycles. The summed E-state index contributed by atoms with van der Waals surface area (Å²) in [6.07, 6.45) is 0.495. The Morgan fingerprint density at radius 1 is 0.903 bits per heavy atom. The molecule has 1 fully saturated rings. The number of ether oxygens (including phenoxy) is 1. The zero-order chi connectivity index (χ0) is 22.8. The highest BCUT2D eigenvalue weighted by molar-refractivity contribution is 5.67. The minimum Gasteiger partial charge on any atom is -0.453 e. The summed E-state index contributed by atoms with van der Waals surface area (Å²) in [5.74, 6) is 0.215. The first-order valence-corrected chi connectivity index (χ1v) is 11.3. The van der Waals surface area contributed by atoms with Crippen molar-refractivity contribution in [3.63, 3.8) is 0 Å². The Labute approximate surface area is 187 Å². The van der Waals surface area contributed by atoms with Gasteiger partial charge in [0.2, 0.25) is 0 Å². The summed E-state index contributed by atoms with van der Waals surface area (Å²) in [5.41, 5.74) is 5.53. The van der Waals surface area contributed by atoms with Crippen molar-refractivity contribution >= 4 is 6.09 Å². The topological polar surface area (TPSA) is 50.4 Å². The van der Waals surface area contributed by atoms with E-state index in [2.05, 4.69) is 101 Å². The molecule has 4 heteroatoms. The van der Waals surface area contributed by atoms with Gasteiger partial charge >= 0.3 is 6.09 Å². The number of carbonyl (C=O) groups excluding carboxylic acids is 1. The van der Waals surface area contributed by atoms with Gasteiger partial charge in [-0.1, -0.05) is 90.1 Å². The first-order valence-electron chi connectivity index (χ1n) is 11.3. The maximum absolute atomic E-state index is 11.7. The molecule has 2 aromatic rings. The predicted octanol–water partition coefficient (Wildman–Crippen LogP) is 5.50. The summed E-state index contributed by atoms with van der Waals surface area (Å²) < 4.78 is 4.79. The van der Waals surface area contributed by atoms with Crippen LogP contribution in [0.4, 0.5) is 4.79 Å². The smallest absolute Gasteiger partial charge is 0.407 e. The lowest BCUT2D eigenvalue weighted by atomic mass is 9.80. The number of nitrogens with one attached hydrogen (secondary N) is 2. The van der Waals surface area contributed by atoms with Gasteiger partial charge in [0.25, 0.3) is 0 Å². The average molecular weight is 423 g/mol. The van der Waals surface area contributed by atoms with Crippen molar-refractivity contribution in [3.05, 3.63) is 70.8 Å². The number of hydrogen-bond donors (Lipinski definition) is 2. The highest BCUT2D eigenvalue weighted by atomic mass is 16.5. The third kappa shape index (κ3) is 5.68. The fourth-order valence-corrected chi connectivity index (χ4v) is 4.39. The van der Waals surface area contributed by atoms with E-state index in [4.69, 9.17) is 4.74 Å². The average Bonchev–Trinajstić information content (AvgIpc) is 3.15. The van der Waals surface area contributed by atoms with E-state index < -0.39 is 0 Å². The lowest BCUT2D eigenvalue weighted by molar-refractivity contribution is 0.167. The van der Waals surface area contributed by atoms with Crippen molar-refractivity contribution in [2.45, 2.75) is 76.8 Å². The molecule has 31 heavy (non-hydrogen) atoms. The van der Waals surface area contributed by atoms with E-state index in [0.717, 1.165) is 13.0 Å². The molecule has 1 aliphatic rings. The zero-order valence-electron chi connectivity index (χ0n) is 20.1. The van der Waals surface area contributed by atoms with E-state index in [1.807, 2.05) is 0 Å². The molecule has 4 nitrogen and oxygen atoms in total. The lowest BCUT2D eigenvalue weighted by Crippen LogP contribution is -2.35. The van der Waals surface area contributed by atoms with Crippen LogP contribution in [0.15, 0.2) is 48.5 Å². The molecule has 2 atom stereocenters. The molecule has 0 bridgehead atoms. The normalized spacial score (nSPS) is 19.5. The Morgan fingerprint density at radius 2 is 1.35 bits per heavy atom. The van der Waals surface area contributed by atoms with E-state index in [9.17, 15) is 4.79 Å². The monoisotopic (exact) mass is 422 g/mol. The van der Waals surface area contributed by atoms with Crippen LogP contribution in [0.2, 0.25) is 0 Å². The predicted molar refractivity (Wildman–Crippen MR) is 128 cm³/mol. The van der Waals surface area contributed by atoms with Gasteiger partial charge in [-0.05, 0) is 39.5 Å². The van der Waals surface area contributed by atoms with Crippen LogP contribution in [0, 0.1) is 0 Å². The molecule has 0 spiro atoms. The van der Waals surface area contributed by atoms with Gasteiger partial charge in [0.1, 0.15) is 0 Å². The van der Waals surface area contributed by atoms with Gasteiger partial charge in [-0.25, -0.2) is 4.79 Å². The van der Waals surface area contributed by atoms with Gasteiger partial charge in [0, 0.05) is 24.5 Å². The van der Waals surface area contributed by atoms with E-state index in [1.54, 1.807) is 0 Å². The third-order valence-electron chi connectivity index (χ3n) is 6.35. The Bertz CT molecular complexity index is 816. The van der Waals surface area contributed by atoms with Crippen molar-refractivity contribution in [1.29, 1.82) is 0 Å². The van der Waals surface area contributed by atoms with Crippen LogP contribution >= 0.6 is 0 Å². The van der Waals surface area contributed by atoms with Crippen molar-refractivity contribution in [2.75, 3.05) is 13.7 Å². The van der Waals surface area contributed by atoms with Crippen molar-refractivity contribution in [3.8, 4) is 0 Å². The first-order chi connectivity index (χ1) is 14.5. The van der Waals surface area contributed by atoms with Crippen molar-refractivity contribution in [2.24, 2.45) is 0 Å². The first kappa shape index (κ1) is 23.3. The van der Waals surface area contributed by atoms with Crippen LogP contribution in [-0.4, -0.2) is 31.8 Å². The molecule has 1 amide bonds. The fourth-order valence-electron chi connectivity index (χ4n) is 4.39. The van der Waals surface area contributed by atoms with Crippen LogP contribution in [0.3, 0.4) is 0 Å². The van der Waals surface area contributed by atoms with Gasteiger partial charge in [0.15, 0.2) is 0 Å². The van der Waals surface area contributed by atoms with Gasteiger partial charge in [-0.15, -0.1) is 0 Å². The molecule has 3 rings (SSSR count). The Morgan fingerprint density at radius 3 is 1.74 bits per heavy atom. The number of hydrogen-bond acceptors (Lipinski definition) is 3. The summed E-state index contributed by atoms with van der Waals surface area (Å²) in [4.78, 5) is 11.7. The second kappa shape index (κ2) is 9.04. The maximum Gasteiger partial charge on any atom is 0.407 e. The minimum atomic E-state index is -0.368. The number of alkyl carbamates (subject to hydrolysis) is 1. The van der Waals surface area contributed by atoms with Crippen LogP contribution in [0.25, 0.3) is 0 Å². The SMILES string of the molecule is COC(=O)N[C@H]1CN[C@@H](C(c2ccc(C(C)(C)C)cc2)c2ccc(C(C)(C)C)cc2)C1. The summed E-state index contributed by atoms with van der Waals surface area (Å²) in [5, 5.41) is 6.60. The highest BCUT2D eigenvalue weighted by Gasteiger charge is 2.33. The second-order valence-corrected chi connectivity index (χ2v) is 10.8. The minimum absolute atomic E-state index is 0.0719. The number of amides is 1. The third-order valence-corrected chi connectivity index (χ3v) is 6.35. The molecule has 0 saturated carbocycles. The zero-order valence-corrected chi connectivity index (χ0v) is 20.1. The van der Waals surface area contributed by atoms with Gasteiger partial charge < -0.3 is 15.4 Å². The van der Waals surface area contributed by atoms with Gasteiger partial charge in [-0.2, -0.15) is 0 Å². The quantitative estimate of drug-likeness (QED) is 0.684. The summed E-state index contributed by atoms with van der Waals surface area (Å²) in [7, 11) is 1.41. The van der Waals surface area contributed by atoms with Gasteiger partial charge in [0.05, 0.1) is 7.11 Å². The molecule has 0 unspecified atom stereocenters. The summed E-state index contributed by atoms with van der Waals surface area (Å²) in [6.45, 7) is 14.2. The van der Waals surface area contributed by atoms with Crippen molar-refractivity contribution < 1.29 is 9.53 Å². The van der Waals surface area contributed by atoms with Crippen molar-refractivity contribution in [1.82, 2.24) is 10.6 Å². The molecule has 1 heterocycles. The number of carbonyl (C=O) groups is 1. The molecular formula is C27H38N2O2. The molecule has 0 radical (unpaired) electrons. The summed E-state index contributed by atoms with van der Waals surface area (Å²) in [6, 6.07) is 18.4. The molecule has 0 aromatic heterocycles. The Kier molecular flexibility index (Phi) is 6.80. The number of benzene rings is 2. The second-order valence-electron chi connectivity index (χ2n) is 10.8. The molecule has 0 aliphatic carbocycles. The van der Waals surface area contributed by atoms with Crippen LogP contribution in [0.5, 0.6) is 0 Å².